The van der Waals surface area contributed by atoms with Crippen molar-refractivity contribution in [2.24, 2.45) is 0 Å². The highest BCUT2D eigenvalue weighted by Gasteiger charge is 2.40. The maximum absolute atomic E-state index is 15.8. The molecular weight excluding hydrogens is 674 g/mol. The number of pyridine rings is 1. The van der Waals surface area contributed by atoms with E-state index >= 15 is 4.39 Å². The molecule has 8 rings (SSSR count). The molecule has 0 N–H and O–H groups in total. The Hall–Kier alpha value is -5.02. The quantitative estimate of drug-likeness (QED) is 0.117. The van der Waals surface area contributed by atoms with Gasteiger partial charge in [-0.2, -0.15) is 5.10 Å². The predicted octanol–water partition coefficient (Wildman–Crippen LogP) is 11.1. The molecule has 0 aliphatic rings. The highest BCUT2D eigenvalue weighted by atomic mass is 35.5. The highest BCUT2D eigenvalue weighted by Crippen LogP contribution is 2.44. The first kappa shape index (κ1) is 31.3. The van der Waals surface area contributed by atoms with Crippen LogP contribution >= 0.6 is 34.7 Å². The Morgan fingerprint density at radius 3 is 1.94 bits per heavy atom. The molecule has 4 aromatic heterocycles. The van der Waals surface area contributed by atoms with Crippen LogP contribution in [0.1, 0.15) is 16.7 Å². The number of thiophene rings is 1. The molecule has 0 unspecified atom stereocenters. The van der Waals surface area contributed by atoms with Crippen LogP contribution < -0.4 is 0 Å². The smallest absolute Gasteiger partial charge is 0.156 e. The van der Waals surface area contributed by atoms with Gasteiger partial charge in [-0.25, -0.2) is 13.8 Å². The zero-order valence-electron chi connectivity index (χ0n) is 26.1. The standard InChI is InChI=1S/C40H27ClF2N4S2/c1-48-37-20-19-36(49-37)35-23-44-39-33(41)21-26(24-46(35)39)32-25-47(45-38(32)31-18-17-30(42)22-34(31)43)40(27-11-5-2-6-12-27,28-13-7-3-8-14-28)29-15-9-4-10-16-29/h2-25H,1H3. The Morgan fingerprint density at radius 1 is 0.735 bits per heavy atom. The summed E-state index contributed by atoms with van der Waals surface area (Å²) < 4.78 is 35.1. The van der Waals surface area contributed by atoms with Crippen LogP contribution in [0.2, 0.25) is 5.02 Å². The lowest BCUT2D eigenvalue weighted by atomic mass is 9.77. The molecule has 0 fully saturated rings. The summed E-state index contributed by atoms with van der Waals surface area (Å²) in [5, 5.41) is 5.66. The van der Waals surface area contributed by atoms with E-state index in [4.69, 9.17) is 16.7 Å². The molecule has 4 nitrogen and oxygen atoms in total. The van der Waals surface area contributed by atoms with E-state index in [0.29, 0.717) is 27.5 Å². The van der Waals surface area contributed by atoms with Crippen LogP contribution in [0.3, 0.4) is 0 Å². The predicted molar refractivity (Wildman–Crippen MR) is 196 cm³/mol. The minimum atomic E-state index is -0.966. The van der Waals surface area contributed by atoms with Gasteiger partial charge in [0.05, 0.1) is 26.0 Å². The second-order valence-corrected chi connectivity index (χ2v) is 14.1. The minimum absolute atomic E-state index is 0.170. The maximum atomic E-state index is 15.8. The van der Waals surface area contributed by atoms with Crippen molar-refractivity contribution in [2.45, 2.75) is 9.75 Å². The minimum Gasteiger partial charge on any atom is -0.297 e. The SMILES string of the molecule is CSc1ccc(-c2cnc3c(Cl)cc(-c4cn(C(c5ccccc5)(c5ccccc5)c5ccccc5)nc4-c4ccc(F)cc4F)cn23)s1. The summed E-state index contributed by atoms with van der Waals surface area (Å²) in [5.74, 6) is -1.38. The van der Waals surface area contributed by atoms with Gasteiger partial charge in [0.15, 0.2) is 5.65 Å². The third kappa shape index (κ3) is 5.37. The first-order chi connectivity index (χ1) is 24.0. The molecule has 0 radical (unpaired) electrons. The monoisotopic (exact) mass is 700 g/mol. The van der Waals surface area contributed by atoms with Crippen molar-refractivity contribution < 1.29 is 8.78 Å². The zero-order valence-corrected chi connectivity index (χ0v) is 28.5. The number of imidazole rings is 1. The lowest BCUT2D eigenvalue weighted by Crippen LogP contribution is -2.38. The molecule has 4 aromatic carbocycles. The molecule has 0 spiro atoms. The average Bonchev–Trinajstić information content (AvgIpc) is 3.89. The topological polar surface area (TPSA) is 35.1 Å². The van der Waals surface area contributed by atoms with E-state index in [1.807, 2.05) is 94.6 Å². The molecule has 8 aromatic rings. The molecule has 9 heteroatoms. The van der Waals surface area contributed by atoms with Crippen molar-refractivity contribution in [3.05, 3.63) is 179 Å². The number of nitrogens with zero attached hydrogens (tertiary/aromatic N) is 4. The average molecular weight is 701 g/mol. The Morgan fingerprint density at radius 2 is 1.37 bits per heavy atom. The van der Waals surface area contributed by atoms with Crippen molar-refractivity contribution in [3.8, 4) is 33.0 Å². The first-order valence-corrected chi connectivity index (χ1v) is 17.9. The summed E-state index contributed by atoms with van der Waals surface area (Å²) >= 11 is 10.3. The van der Waals surface area contributed by atoms with Crippen molar-refractivity contribution in [2.75, 3.05) is 6.26 Å². The van der Waals surface area contributed by atoms with Gasteiger partial charge in [-0.1, -0.05) is 103 Å². The molecule has 0 aliphatic carbocycles. The highest BCUT2D eigenvalue weighted by molar-refractivity contribution is 8.00. The van der Waals surface area contributed by atoms with Crippen LogP contribution in [0.4, 0.5) is 8.78 Å². The maximum Gasteiger partial charge on any atom is 0.156 e. The van der Waals surface area contributed by atoms with E-state index in [9.17, 15) is 4.39 Å². The molecule has 0 aliphatic heterocycles. The van der Waals surface area contributed by atoms with Crippen molar-refractivity contribution in [3.63, 3.8) is 0 Å². The summed E-state index contributed by atoms with van der Waals surface area (Å²) in [6, 6.07) is 40.0. The Kier molecular flexibility index (Phi) is 8.15. The number of benzene rings is 4. The Bertz CT molecular complexity index is 2330. The summed E-state index contributed by atoms with van der Waals surface area (Å²) in [7, 11) is 0. The summed E-state index contributed by atoms with van der Waals surface area (Å²) in [5.41, 5.74) is 5.24. The van der Waals surface area contributed by atoms with Gasteiger partial charge in [-0.15, -0.1) is 23.1 Å². The number of hydrogen-bond acceptors (Lipinski definition) is 4. The lowest BCUT2D eigenvalue weighted by Gasteiger charge is -2.36. The summed E-state index contributed by atoms with van der Waals surface area (Å²) in [6.45, 7) is 0. The fraction of sp³-hybridized carbons (Fsp3) is 0.0500. The van der Waals surface area contributed by atoms with E-state index in [1.54, 1.807) is 23.1 Å². The second kappa shape index (κ2) is 12.8. The largest absolute Gasteiger partial charge is 0.297 e. The van der Waals surface area contributed by atoms with Crippen molar-refractivity contribution in [1.29, 1.82) is 0 Å². The van der Waals surface area contributed by atoms with E-state index in [1.165, 1.54) is 16.3 Å². The Labute approximate surface area is 295 Å². The number of rotatable bonds is 8. The number of aromatic nitrogens is 4. The number of fused-ring (bicyclic) bond motifs is 1. The van der Waals surface area contributed by atoms with Gasteiger partial charge in [-0.3, -0.25) is 9.08 Å². The van der Waals surface area contributed by atoms with Gasteiger partial charge >= 0.3 is 0 Å². The fourth-order valence-electron chi connectivity index (χ4n) is 6.52. The van der Waals surface area contributed by atoms with Gasteiger partial charge in [-0.05, 0) is 53.3 Å². The number of hydrogen-bond donors (Lipinski definition) is 0. The zero-order chi connectivity index (χ0) is 33.5. The van der Waals surface area contributed by atoms with Crippen molar-refractivity contribution in [1.82, 2.24) is 19.2 Å². The van der Waals surface area contributed by atoms with Crippen LogP contribution in [0, 0.1) is 11.6 Å². The molecule has 0 atom stereocenters. The van der Waals surface area contributed by atoms with E-state index in [2.05, 4.69) is 53.5 Å². The Balaban J connectivity index is 1.45. The lowest BCUT2D eigenvalue weighted by molar-refractivity contribution is 0.461. The van der Waals surface area contributed by atoms with Crippen LogP contribution in [-0.2, 0) is 5.54 Å². The van der Waals surface area contributed by atoms with Crippen LogP contribution in [0.5, 0.6) is 0 Å². The molecule has 0 saturated heterocycles. The third-order valence-electron chi connectivity index (χ3n) is 8.73. The molecule has 0 saturated carbocycles. The van der Waals surface area contributed by atoms with Gasteiger partial charge in [0.25, 0.3) is 0 Å². The molecule has 0 amide bonds. The second-order valence-electron chi connectivity index (χ2n) is 11.5. The van der Waals surface area contributed by atoms with Crippen molar-refractivity contribution >= 4 is 40.3 Å². The van der Waals surface area contributed by atoms with E-state index in [-0.39, 0.29) is 5.56 Å². The fourth-order valence-corrected chi connectivity index (χ4v) is 8.32. The number of thioether (sulfide) groups is 1. The summed E-state index contributed by atoms with van der Waals surface area (Å²) in [4.78, 5) is 5.68. The summed E-state index contributed by atoms with van der Waals surface area (Å²) in [6.07, 6.45) is 7.77. The molecular formula is C40H27ClF2N4S2. The van der Waals surface area contributed by atoms with Crippen LogP contribution in [0.15, 0.2) is 150 Å². The molecule has 4 heterocycles. The first-order valence-electron chi connectivity index (χ1n) is 15.5. The number of halogens is 3. The van der Waals surface area contributed by atoms with Gasteiger partial charge in [0.2, 0.25) is 0 Å². The van der Waals surface area contributed by atoms with Crippen LogP contribution in [0.25, 0.3) is 38.6 Å². The van der Waals surface area contributed by atoms with E-state index < -0.39 is 17.2 Å². The van der Waals surface area contributed by atoms with Gasteiger partial charge < -0.3 is 0 Å². The van der Waals surface area contributed by atoms with E-state index in [0.717, 1.165) is 33.3 Å². The molecule has 0 bridgehead atoms. The van der Waals surface area contributed by atoms with Crippen LogP contribution in [-0.4, -0.2) is 25.4 Å². The third-order valence-corrected chi connectivity index (χ3v) is 11.2. The molecule has 49 heavy (non-hydrogen) atoms. The van der Waals surface area contributed by atoms with Gasteiger partial charge in [0, 0.05) is 35.2 Å². The molecule has 240 valence electrons. The normalized spacial score (nSPS) is 11.8. The van der Waals surface area contributed by atoms with Gasteiger partial charge in [0.1, 0.15) is 22.9 Å².